The van der Waals surface area contributed by atoms with Crippen LogP contribution in [0.4, 0.5) is 0 Å². The van der Waals surface area contributed by atoms with E-state index in [0.717, 1.165) is 24.8 Å². The van der Waals surface area contributed by atoms with Crippen LogP contribution < -0.4 is 10.5 Å². The van der Waals surface area contributed by atoms with Crippen molar-refractivity contribution < 1.29 is 39.8 Å². The number of benzene rings is 1. The molecular formula is C20H29NO8. The molecule has 6 atom stereocenters. The number of carboxylic acids is 1. The smallest absolute Gasteiger partial charge is 0.335 e. The molecule has 0 spiro atoms. The highest BCUT2D eigenvalue weighted by molar-refractivity contribution is 5.73. The monoisotopic (exact) mass is 411 g/mol. The van der Waals surface area contributed by atoms with Gasteiger partial charge in [-0.05, 0) is 30.5 Å². The average Bonchev–Trinajstić information content (AvgIpc) is 2.70. The van der Waals surface area contributed by atoms with E-state index in [2.05, 4.69) is 0 Å². The van der Waals surface area contributed by atoms with Gasteiger partial charge in [0.05, 0.1) is 5.60 Å². The van der Waals surface area contributed by atoms with E-state index in [1.807, 2.05) is 0 Å². The summed E-state index contributed by atoms with van der Waals surface area (Å²) in [4.78, 5) is 11.2. The van der Waals surface area contributed by atoms with E-state index in [1.54, 1.807) is 24.3 Å². The lowest BCUT2D eigenvalue weighted by molar-refractivity contribution is -0.271. The number of aliphatic carboxylic acids is 1. The van der Waals surface area contributed by atoms with Crippen molar-refractivity contribution in [3.05, 3.63) is 29.8 Å². The maximum Gasteiger partial charge on any atom is 0.335 e. The molecule has 1 saturated heterocycles. The average molecular weight is 411 g/mol. The SMILES string of the molecule is NC[C@H](c1ccc(O[C@@H]2O[C@H](C(=O)O)[C@@H](O)[C@H](O)[C@H]2O)cc1)C1(O)CCCCC1. The molecule has 29 heavy (non-hydrogen) atoms. The third-order valence-electron chi connectivity index (χ3n) is 5.95. The quantitative estimate of drug-likeness (QED) is 0.369. The zero-order valence-electron chi connectivity index (χ0n) is 16.1. The van der Waals surface area contributed by atoms with Crippen LogP contribution in [0.25, 0.3) is 0 Å². The molecule has 2 fully saturated rings. The summed E-state index contributed by atoms with van der Waals surface area (Å²) in [7, 11) is 0. The molecule has 1 aromatic rings. The van der Waals surface area contributed by atoms with Crippen molar-refractivity contribution in [2.24, 2.45) is 5.73 Å². The summed E-state index contributed by atoms with van der Waals surface area (Å²) in [5.74, 6) is -1.42. The fourth-order valence-electron chi connectivity index (χ4n) is 4.24. The molecule has 3 rings (SSSR count). The van der Waals surface area contributed by atoms with Crippen molar-refractivity contribution in [2.45, 2.75) is 74.3 Å². The third kappa shape index (κ3) is 4.55. The van der Waals surface area contributed by atoms with Gasteiger partial charge in [-0.2, -0.15) is 0 Å². The van der Waals surface area contributed by atoms with E-state index in [4.69, 9.17) is 20.3 Å². The molecule has 1 saturated carbocycles. The van der Waals surface area contributed by atoms with Crippen molar-refractivity contribution >= 4 is 5.97 Å². The summed E-state index contributed by atoms with van der Waals surface area (Å²) in [6.45, 7) is 0.297. The minimum atomic E-state index is -1.77. The summed E-state index contributed by atoms with van der Waals surface area (Å²) in [5.41, 5.74) is 5.96. The summed E-state index contributed by atoms with van der Waals surface area (Å²) in [6.07, 6.45) is -3.88. The Morgan fingerprint density at radius 3 is 2.28 bits per heavy atom. The van der Waals surface area contributed by atoms with Gasteiger partial charge in [0.25, 0.3) is 0 Å². The highest BCUT2D eigenvalue weighted by Crippen LogP contribution is 2.39. The predicted molar refractivity (Wildman–Crippen MR) is 101 cm³/mol. The van der Waals surface area contributed by atoms with Crippen molar-refractivity contribution in [2.75, 3.05) is 6.54 Å². The predicted octanol–water partition coefficient (Wildman–Crippen LogP) is -0.305. The second-order valence-electron chi connectivity index (χ2n) is 7.87. The Balaban J connectivity index is 1.72. The van der Waals surface area contributed by atoms with E-state index in [-0.39, 0.29) is 11.7 Å². The maximum absolute atomic E-state index is 11.2. The topological polar surface area (TPSA) is 163 Å². The normalized spacial score (nSPS) is 33.1. The molecule has 7 N–H and O–H groups in total. The van der Waals surface area contributed by atoms with Gasteiger partial charge in [-0.25, -0.2) is 4.79 Å². The number of carbonyl (C=O) groups is 1. The van der Waals surface area contributed by atoms with Gasteiger partial charge in [-0.1, -0.05) is 31.4 Å². The van der Waals surface area contributed by atoms with Gasteiger partial charge in [0.2, 0.25) is 6.29 Å². The van der Waals surface area contributed by atoms with Crippen LogP contribution in [0.1, 0.15) is 43.6 Å². The van der Waals surface area contributed by atoms with Crippen LogP contribution in [0.3, 0.4) is 0 Å². The summed E-state index contributed by atoms with van der Waals surface area (Å²) >= 11 is 0. The Hall–Kier alpha value is -1.75. The van der Waals surface area contributed by atoms with Crippen LogP contribution in [0.5, 0.6) is 5.75 Å². The zero-order chi connectivity index (χ0) is 21.2. The van der Waals surface area contributed by atoms with Crippen molar-refractivity contribution in [3.63, 3.8) is 0 Å². The first kappa shape index (κ1) is 21.9. The molecule has 1 aliphatic heterocycles. The fraction of sp³-hybridized carbons (Fsp3) is 0.650. The molecule has 0 amide bonds. The minimum absolute atomic E-state index is 0.221. The summed E-state index contributed by atoms with van der Waals surface area (Å²) in [5, 5.41) is 49.8. The first-order valence-electron chi connectivity index (χ1n) is 9.88. The van der Waals surface area contributed by atoms with E-state index in [9.17, 15) is 25.2 Å². The summed E-state index contributed by atoms with van der Waals surface area (Å²) < 4.78 is 10.6. The number of aliphatic hydroxyl groups is 4. The highest BCUT2D eigenvalue weighted by atomic mass is 16.7. The maximum atomic E-state index is 11.2. The van der Waals surface area contributed by atoms with E-state index >= 15 is 0 Å². The first-order valence-corrected chi connectivity index (χ1v) is 9.88. The van der Waals surface area contributed by atoms with Gasteiger partial charge in [-0.3, -0.25) is 0 Å². The van der Waals surface area contributed by atoms with Crippen LogP contribution >= 0.6 is 0 Å². The lowest BCUT2D eigenvalue weighted by Crippen LogP contribution is -2.61. The van der Waals surface area contributed by atoms with Crippen molar-refractivity contribution in [3.8, 4) is 5.75 Å². The van der Waals surface area contributed by atoms with Crippen LogP contribution in [-0.2, 0) is 9.53 Å². The molecule has 1 aromatic carbocycles. The van der Waals surface area contributed by atoms with Crippen LogP contribution in [0.2, 0.25) is 0 Å². The molecule has 0 aromatic heterocycles. The number of nitrogens with two attached hydrogens (primary N) is 1. The Bertz CT molecular complexity index is 690. The molecule has 0 unspecified atom stereocenters. The van der Waals surface area contributed by atoms with Crippen LogP contribution in [-0.4, -0.2) is 74.4 Å². The standard InChI is InChI=1S/C20H29NO8/c21-10-13(20(27)8-2-1-3-9-20)11-4-6-12(7-5-11)28-19-16(24)14(22)15(23)17(29-19)18(25)26/h4-7,13-17,19,22-24,27H,1-3,8-10,21H2,(H,25,26)/t13-,14+,15+,16-,17+,19-/m1/s1. The summed E-state index contributed by atoms with van der Waals surface area (Å²) in [6, 6.07) is 6.73. The van der Waals surface area contributed by atoms with Gasteiger partial charge in [0.1, 0.15) is 24.1 Å². The Kier molecular flexibility index (Phi) is 6.77. The Morgan fingerprint density at radius 1 is 1.10 bits per heavy atom. The molecule has 0 bridgehead atoms. The second-order valence-corrected chi connectivity index (χ2v) is 7.87. The molecule has 1 aliphatic carbocycles. The second kappa shape index (κ2) is 8.95. The molecule has 9 heteroatoms. The van der Waals surface area contributed by atoms with Gasteiger partial charge in [0.15, 0.2) is 6.10 Å². The number of carboxylic acid groups (broad SMARTS) is 1. The van der Waals surface area contributed by atoms with Gasteiger partial charge >= 0.3 is 5.97 Å². The molecule has 162 valence electrons. The van der Waals surface area contributed by atoms with Gasteiger partial charge in [0, 0.05) is 12.5 Å². The van der Waals surface area contributed by atoms with Crippen LogP contribution in [0, 0.1) is 0 Å². The van der Waals surface area contributed by atoms with Crippen molar-refractivity contribution in [1.82, 2.24) is 0 Å². The fourth-order valence-corrected chi connectivity index (χ4v) is 4.24. The molecule has 9 nitrogen and oxygen atoms in total. The number of hydrogen-bond acceptors (Lipinski definition) is 8. The minimum Gasteiger partial charge on any atom is -0.479 e. The lowest BCUT2D eigenvalue weighted by atomic mass is 9.73. The van der Waals surface area contributed by atoms with E-state index < -0.39 is 42.3 Å². The Labute approximate surface area is 168 Å². The number of aliphatic hydroxyl groups excluding tert-OH is 3. The third-order valence-corrected chi connectivity index (χ3v) is 5.95. The largest absolute Gasteiger partial charge is 0.479 e. The number of ether oxygens (including phenoxy) is 2. The van der Waals surface area contributed by atoms with Gasteiger partial charge in [-0.15, -0.1) is 0 Å². The zero-order valence-corrected chi connectivity index (χ0v) is 16.1. The van der Waals surface area contributed by atoms with E-state index in [0.29, 0.717) is 19.4 Å². The molecule has 2 aliphatic rings. The lowest BCUT2D eigenvalue weighted by Gasteiger charge is -2.39. The number of hydrogen-bond donors (Lipinski definition) is 6. The molecular weight excluding hydrogens is 382 g/mol. The highest BCUT2D eigenvalue weighted by Gasteiger charge is 2.48. The first-order chi connectivity index (χ1) is 13.8. The number of rotatable bonds is 6. The Morgan fingerprint density at radius 2 is 1.72 bits per heavy atom. The molecule has 1 heterocycles. The molecule has 0 radical (unpaired) electrons. The van der Waals surface area contributed by atoms with Gasteiger partial charge < -0.3 is 40.7 Å². The van der Waals surface area contributed by atoms with Crippen molar-refractivity contribution in [1.29, 1.82) is 0 Å². The van der Waals surface area contributed by atoms with E-state index in [1.165, 1.54) is 0 Å². The van der Waals surface area contributed by atoms with Crippen LogP contribution in [0.15, 0.2) is 24.3 Å².